The number of fused-ring (bicyclic) bond motifs is 15. The largest absolute Gasteiger partial charge is 0.310 e. The van der Waals surface area contributed by atoms with E-state index < -0.39 is 5.41 Å². The highest BCUT2D eigenvalue weighted by molar-refractivity contribution is 6.25. The van der Waals surface area contributed by atoms with E-state index in [4.69, 9.17) is 0 Å². The van der Waals surface area contributed by atoms with Crippen molar-refractivity contribution in [2.24, 2.45) is 0 Å². The molecular weight excluding hydrogens is 639 g/mol. The molecule has 0 saturated heterocycles. The van der Waals surface area contributed by atoms with Crippen LogP contribution in [0.15, 0.2) is 188 Å². The first-order chi connectivity index (χ1) is 26.1. The second-order valence-electron chi connectivity index (χ2n) is 15.2. The number of hydrogen-bond donors (Lipinski definition) is 0. The maximum Gasteiger partial charge on any atom is 0.0720 e. The fraction of sp³-hybridized carbons (Fsp3) is 0.0769. The summed E-state index contributed by atoms with van der Waals surface area (Å²) in [5, 5.41) is 7.69. The number of hydrogen-bond acceptors (Lipinski definition) is 1. The van der Waals surface area contributed by atoms with E-state index in [-0.39, 0.29) is 5.41 Å². The SMILES string of the molecule is CC1(C)c2ccccc2C2(c3ccccc3-c3ccccc32)c2cccc(N(c3ccccc3)c3ccc4c5ccccc5c5ccccc5c4c3)c21. The van der Waals surface area contributed by atoms with Crippen LogP contribution < -0.4 is 4.90 Å². The van der Waals surface area contributed by atoms with Crippen molar-refractivity contribution < 1.29 is 0 Å². The van der Waals surface area contributed by atoms with Gasteiger partial charge in [-0.3, -0.25) is 0 Å². The molecule has 0 bridgehead atoms. The molecule has 11 rings (SSSR count). The Balaban J connectivity index is 1.26. The summed E-state index contributed by atoms with van der Waals surface area (Å²) in [6.45, 7) is 4.86. The van der Waals surface area contributed by atoms with E-state index >= 15 is 0 Å². The molecule has 1 heteroatoms. The smallest absolute Gasteiger partial charge is 0.0720 e. The second kappa shape index (κ2) is 11.0. The summed E-state index contributed by atoms with van der Waals surface area (Å²) in [4.78, 5) is 2.51. The molecule has 0 atom stereocenters. The maximum atomic E-state index is 2.51. The molecule has 0 N–H and O–H groups in total. The van der Waals surface area contributed by atoms with Gasteiger partial charge in [0.25, 0.3) is 0 Å². The summed E-state index contributed by atoms with van der Waals surface area (Å²) < 4.78 is 0. The fourth-order valence-electron chi connectivity index (χ4n) is 10.2. The van der Waals surface area contributed by atoms with Gasteiger partial charge in [0, 0.05) is 16.8 Å². The van der Waals surface area contributed by atoms with Crippen LogP contribution in [0.3, 0.4) is 0 Å². The Hall–Kier alpha value is -6.44. The molecule has 0 fully saturated rings. The fourth-order valence-corrected chi connectivity index (χ4v) is 10.2. The first-order valence-electron chi connectivity index (χ1n) is 18.7. The van der Waals surface area contributed by atoms with Crippen LogP contribution in [0, 0.1) is 0 Å². The van der Waals surface area contributed by atoms with Gasteiger partial charge in [0.15, 0.2) is 0 Å². The van der Waals surface area contributed by atoms with Crippen LogP contribution in [0.4, 0.5) is 17.1 Å². The molecule has 0 radical (unpaired) electrons. The van der Waals surface area contributed by atoms with Crippen LogP contribution in [0.2, 0.25) is 0 Å². The molecule has 9 aromatic rings. The van der Waals surface area contributed by atoms with E-state index in [1.54, 1.807) is 0 Å². The summed E-state index contributed by atoms with van der Waals surface area (Å²) >= 11 is 0. The Morgan fingerprint density at radius 3 is 1.43 bits per heavy atom. The molecule has 0 heterocycles. The van der Waals surface area contributed by atoms with Gasteiger partial charge in [-0.1, -0.05) is 172 Å². The maximum absolute atomic E-state index is 2.51. The molecule has 9 aromatic carbocycles. The predicted molar refractivity (Wildman–Crippen MR) is 223 cm³/mol. The highest BCUT2D eigenvalue weighted by Gasteiger charge is 2.54. The molecule has 2 aliphatic rings. The minimum Gasteiger partial charge on any atom is -0.310 e. The van der Waals surface area contributed by atoms with Gasteiger partial charge in [-0.25, -0.2) is 0 Å². The van der Waals surface area contributed by atoms with Crippen molar-refractivity contribution >= 4 is 49.4 Å². The molecule has 0 unspecified atom stereocenters. The summed E-state index contributed by atoms with van der Waals surface area (Å²) in [5.41, 5.74) is 13.6. The van der Waals surface area contributed by atoms with Gasteiger partial charge < -0.3 is 4.90 Å². The molecule has 1 nitrogen and oxygen atoms in total. The zero-order chi connectivity index (χ0) is 35.3. The van der Waals surface area contributed by atoms with Gasteiger partial charge in [0.1, 0.15) is 0 Å². The van der Waals surface area contributed by atoms with Crippen LogP contribution in [0.25, 0.3) is 43.4 Å². The minimum atomic E-state index is -0.453. The van der Waals surface area contributed by atoms with Crippen molar-refractivity contribution in [3.05, 3.63) is 221 Å². The van der Waals surface area contributed by atoms with E-state index in [0.717, 1.165) is 11.4 Å². The van der Waals surface area contributed by atoms with Crippen LogP contribution in [-0.4, -0.2) is 0 Å². The Bertz CT molecular complexity index is 2850. The second-order valence-corrected chi connectivity index (χ2v) is 15.2. The summed E-state index contributed by atoms with van der Waals surface area (Å²) in [7, 11) is 0. The van der Waals surface area contributed by atoms with Gasteiger partial charge in [0.2, 0.25) is 0 Å². The molecule has 1 spiro atoms. The normalized spacial score (nSPS) is 14.5. The first kappa shape index (κ1) is 30.2. The molecule has 0 aliphatic heterocycles. The van der Waals surface area contributed by atoms with Crippen molar-refractivity contribution in [2.75, 3.05) is 4.90 Å². The van der Waals surface area contributed by atoms with E-state index in [2.05, 4.69) is 207 Å². The molecule has 0 amide bonds. The van der Waals surface area contributed by atoms with Crippen molar-refractivity contribution in [3.63, 3.8) is 0 Å². The predicted octanol–water partition coefficient (Wildman–Crippen LogP) is 13.6. The Labute approximate surface area is 310 Å². The van der Waals surface area contributed by atoms with Crippen molar-refractivity contribution in [2.45, 2.75) is 24.7 Å². The highest BCUT2D eigenvalue weighted by atomic mass is 15.1. The van der Waals surface area contributed by atoms with E-state index in [9.17, 15) is 0 Å². The van der Waals surface area contributed by atoms with E-state index in [1.807, 2.05) is 0 Å². The summed E-state index contributed by atoms with van der Waals surface area (Å²) in [5.74, 6) is 0. The minimum absolute atomic E-state index is 0.299. The van der Waals surface area contributed by atoms with E-state index in [1.165, 1.54) is 82.5 Å². The van der Waals surface area contributed by atoms with Crippen LogP contribution in [-0.2, 0) is 10.8 Å². The van der Waals surface area contributed by atoms with Crippen molar-refractivity contribution in [1.29, 1.82) is 0 Å². The quantitative estimate of drug-likeness (QED) is 0.169. The average molecular weight is 676 g/mol. The lowest BCUT2D eigenvalue weighted by Gasteiger charge is -2.48. The van der Waals surface area contributed by atoms with Crippen molar-refractivity contribution in [1.82, 2.24) is 0 Å². The standard InChI is InChI=1S/C52H37N/c1-51(2)46-27-14-15-28-47(46)52(44-25-12-10-23-41(44)42-24-11-13-26-45(42)52)48-29-16-30-49(50(48)51)53(34-17-4-3-5-18-34)35-31-32-40-38-21-7-6-19-36(38)37-20-8-9-22-39(37)43(40)33-35/h3-33H,1-2H3. The zero-order valence-corrected chi connectivity index (χ0v) is 29.8. The Morgan fingerprint density at radius 2 is 0.811 bits per heavy atom. The van der Waals surface area contributed by atoms with Crippen LogP contribution >= 0.6 is 0 Å². The highest BCUT2D eigenvalue weighted by Crippen LogP contribution is 2.63. The monoisotopic (exact) mass is 675 g/mol. The number of nitrogens with zero attached hydrogens (tertiary/aromatic N) is 1. The number of benzene rings is 9. The number of anilines is 3. The molecule has 0 saturated carbocycles. The van der Waals surface area contributed by atoms with Crippen LogP contribution in [0.5, 0.6) is 0 Å². The summed E-state index contributed by atoms with van der Waals surface area (Å²) in [6, 6.07) is 70.2. The van der Waals surface area contributed by atoms with Crippen LogP contribution in [0.1, 0.15) is 47.2 Å². The molecule has 2 aliphatic carbocycles. The third kappa shape index (κ3) is 3.97. The first-order valence-corrected chi connectivity index (χ1v) is 18.7. The lowest BCUT2D eigenvalue weighted by Crippen LogP contribution is -2.41. The molecule has 250 valence electrons. The van der Waals surface area contributed by atoms with E-state index in [0.29, 0.717) is 0 Å². The van der Waals surface area contributed by atoms with Gasteiger partial charge >= 0.3 is 0 Å². The lowest BCUT2D eigenvalue weighted by atomic mass is 9.55. The zero-order valence-electron chi connectivity index (χ0n) is 29.8. The third-order valence-corrected chi connectivity index (χ3v) is 12.3. The summed E-state index contributed by atoms with van der Waals surface area (Å²) in [6.07, 6.45) is 0. The molecule has 0 aromatic heterocycles. The molecular formula is C52H37N. The number of rotatable bonds is 3. The lowest BCUT2D eigenvalue weighted by molar-refractivity contribution is 0.564. The average Bonchev–Trinajstić information content (AvgIpc) is 3.51. The number of para-hydroxylation sites is 1. The van der Waals surface area contributed by atoms with Gasteiger partial charge in [-0.15, -0.1) is 0 Å². The van der Waals surface area contributed by atoms with Crippen molar-refractivity contribution in [3.8, 4) is 11.1 Å². The molecule has 53 heavy (non-hydrogen) atoms. The Kier molecular flexibility index (Phi) is 6.29. The Morgan fingerprint density at radius 1 is 0.340 bits per heavy atom. The third-order valence-electron chi connectivity index (χ3n) is 12.3. The van der Waals surface area contributed by atoms with Gasteiger partial charge in [-0.2, -0.15) is 0 Å². The van der Waals surface area contributed by atoms with Gasteiger partial charge in [0.05, 0.1) is 11.1 Å². The van der Waals surface area contributed by atoms with Gasteiger partial charge in [-0.05, 0) is 107 Å². The topological polar surface area (TPSA) is 3.24 Å².